The smallest absolute Gasteiger partial charge is 0.245 e. The minimum Gasteiger partial charge on any atom is -0.343 e. The molecule has 2 amide bonds. The van der Waals surface area contributed by atoms with E-state index in [4.69, 9.17) is 0 Å². The molecule has 0 spiro atoms. The number of hydrogen-bond donors (Lipinski definition) is 1. The topological polar surface area (TPSA) is 49.4 Å². The number of hydrogen-bond acceptors (Lipinski definition) is 2. The lowest BCUT2D eigenvalue weighted by Gasteiger charge is -2.43. The second kappa shape index (κ2) is 6.40. The molecule has 2 unspecified atom stereocenters. The van der Waals surface area contributed by atoms with E-state index >= 15 is 0 Å². The highest BCUT2D eigenvalue weighted by atomic mass is 16.2. The predicted molar refractivity (Wildman–Crippen MR) is 74.6 cm³/mol. The summed E-state index contributed by atoms with van der Waals surface area (Å²) in [6, 6.07) is -0.519. The van der Waals surface area contributed by atoms with Crippen LogP contribution in [0.1, 0.15) is 58.8 Å². The van der Waals surface area contributed by atoms with Crippen LogP contribution in [0.3, 0.4) is 0 Å². The fourth-order valence-corrected chi connectivity index (χ4v) is 3.48. The molecule has 1 aliphatic carbocycles. The molecule has 2 rings (SSSR count). The quantitative estimate of drug-likeness (QED) is 0.847. The van der Waals surface area contributed by atoms with Crippen LogP contribution in [0.15, 0.2) is 0 Å². The summed E-state index contributed by atoms with van der Waals surface area (Å²) in [5.41, 5.74) is 0. The van der Waals surface area contributed by atoms with Crippen LogP contribution in [0, 0.1) is 5.92 Å². The van der Waals surface area contributed by atoms with E-state index in [9.17, 15) is 9.59 Å². The van der Waals surface area contributed by atoms with Gasteiger partial charge in [0.2, 0.25) is 11.8 Å². The SMILES string of the molecule is CCCN1C(=O)C(CC)NC(=O)C1C1CCCCC1. The van der Waals surface area contributed by atoms with Gasteiger partial charge >= 0.3 is 0 Å². The van der Waals surface area contributed by atoms with Gasteiger partial charge in [0.1, 0.15) is 12.1 Å². The van der Waals surface area contributed by atoms with Gasteiger partial charge in [0.15, 0.2) is 0 Å². The normalized spacial score (nSPS) is 29.5. The molecule has 0 bridgehead atoms. The molecule has 1 saturated carbocycles. The lowest BCUT2D eigenvalue weighted by atomic mass is 9.81. The number of carbonyl (C=O) groups is 2. The van der Waals surface area contributed by atoms with Gasteiger partial charge in [-0.2, -0.15) is 0 Å². The first-order valence-electron chi connectivity index (χ1n) is 7.79. The largest absolute Gasteiger partial charge is 0.343 e. The van der Waals surface area contributed by atoms with E-state index in [-0.39, 0.29) is 23.9 Å². The number of rotatable bonds is 4. The van der Waals surface area contributed by atoms with Crippen molar-refractivity contribution in [2.75, 3.05) is 6.54 Å². The lowest BCUT2D eigenvalue weighted by molar-refractivity contribution is -0.152. The van der Waals surface area contributed by atoms with Crippen molar-refractivity contribution in [2.45, 2.75) is 70.9 Å². The van der Waals surface area contributed by atoms with E-state index in [0.29, 0.717) is 18.9 Å². The fourth-order valence-electron chi connectivity index (χ4n) is 3.48. The van der Waals surface area contributed by atoms with Gasteiger partial charge in [-0.1, -0.05) is 33.1 Å². The van der Waals surface area contributed by atoms with Crippen molar-refractivity contribution >= 4 is 11.8 Å². The molecule has 2 aliphatic rings. The van der Waals surface area contributed by atoms with Gasteiger partial charge in [-0.05, 0) is 31.6 Å². The maximum absolute atomic E-state index is 12.5. The zero-order valence-corrected chi connectivity index (χ0v) is 12.2. The molecular weight excluding hydrogens is 240 g/mol. The van der Waals surface area contributed by atoms with Crippen LogP contribution < -0.4 is 5.32 Å². The summed E-state index contributed by atoms with van der Waals surface area (Å²) in [5.74, 6) is 0.563. The Morgan fingerprint density at radius 3 is 2.42 bits per heavy atom. The molecule has 1 saturated heterocycles. The van der Waals surface area contributed by atoms with Crippen LogP contribution in [-0.4, -0.2) is 35.3 Å². The molecule has 1 N–H and O–H groups in total. The Kier molecular flexibility index (Phi) is 4.83. The highest BCUT2D eigenvalue weighted by molar-refractivity contribution is 5.97. The van der Waals surface area contributed by atoms with Crippen molar-refractivity contribution in [2.24, 2.45) is 5.92 Å². The summed E-state index contributed by atoms with van der Waals surface area (Å²) in [6.07, 6.45) is 7.43. The minimum absolute atomic E-state index is 0.0757. The predicted octanol–water partition coefficient (Wildman–Crippen LogP) is 2.08. The van der Waals surface area contributed by atoms with Crippen molar-refractivity contribution in [3.8, 4) is 0 Å². The average molecular weight is 266 g/mol. The second-order valence-electron chi connectivity index (χ2n) is 5.84. The number of nitrogens with one attached hydrogen (secondary N) is 1. The highest BCUT2D eigenvalue weighted by Crippen LogP contribution is 2.31. The molecule has 19 heavy (non-hydrogen) atoms. The standard InChI is InChI=1S/C15H26N2O2/c1-3-10-17-13(11-8-6-5-7-9-11)14(18)16-12(4-2)15(17)19/h11-13H,3-10H2,1-2H3,(H,16,18). The first-order chi connectivity index (χ1) is 9.19. The Hall–Kier alpha value is -1.06. The van der Waals surface area contributed by atoms with Crippen molar-refractivity contribution < 1.29 is 9.59 Å². The van der Waals surface area contributed by atoms with Crippen molar-refractivity contribution in [3.05, 3.63) is 0 Å². The number of amides is 2. The molecule has 0 aromatic heterocycles. The molecule has 108 valence electrons. The van der Waals surface area contributed by atoms with Crippen molar-refractivity contribution in [1.82, 2.24) is 10.2 Å². The summed E-state index contributed by atoms with van der Waals surface area (Å²) in [4.78, 5) is 26.7. The van der Waals surface area contributed by atoms with Crippen LogP contribution >= 0.6 is 0 Å². The van der Waals surface area contributed by atoms with Crippen LogP contribution in [0.5, 0.6) is 0 Å². The Labute approximate surface area is 115 Å². The lowest BCUT2D eigenvalue weighted by Crippen LogP contribution is -2.65. The van der Waals surface area contributed by atoms with E-state index in [1.165, 1.54) is 19.3 Å². The number of carbonyl (C=O) groups excluding carboxylic acids is 2. The van der Waals surface area contributed by atoms with Crippen LogP contribution in [0.4, 0.5) is 0 Å². The van der Waals surface area contributed by atoms with Gasteiger partial charge in [-0.15, -0.1) is 0 Å². The fraction of sp³-hybridized carbons (Fsp3) is 0.867. The first-order valence-corrected chi connectivity index (χ1v) is 7.79. The van der Waals surface area contributed by atoms with Gasteiger partial charge in [-0.25, -0.2) is 0 Å². The molecular formula is C15H26N2O2. The average Bonchev–Trinajstić information content (AvgIpc) is 2.44. The Bertz CT molecular complexity index is 337. The number of piperazine rings is 1. The Balaban J connectivity index is 2.17. The zero-order chi connectivity index (χ0) is 13.8. The van der Waals surface area contributed by atoms with E-state index < -0.39 is 0 Å². The second-order valence-corrected chi connectivity index (χ2v) is 5.84. The maximum atomic E-state index is 12.5. The highest BCUT2D eigenvalue weighted by Gasteiger charge is 2.43. The monoisotopic (exact) mass is 266 g/mol. The molecule has 1 heterocycles. The van der Waals surface area contributed by atoms with Gasteiger partial charge in [-0.3, -0.25) is 9.59 Å². The third kappa shape index (κ3) is 2.93. The summed E-state index contributed by atoms with van der Waals surface area (Å²) < 4.78 is 0. The molecule has 1 aliphatic heterocycles. The van der Waals surface area contributed by atoms with Gasteiger partial charge < -0.3 is 10.2 Å². The summed E-state index contributed by atoms with van der Waals surface area (Å²) in [6.45, 7) is 4.73. The summed E-state index contributed by atoms with van der Waals surface area (Å²) in [7, 11) is 0. The van der Waals surface area contributed by atoms with Crippen molar-refractivity contribution in [3.63, 3.8) is 0 Å². The van der Waals surface area contributed by atoms with Gasteiger partial charge in [0, 0.05) is 6.54 Å². The number of nitrogens with zero attached hydrogens (tertiary/aromatic N) is 1. The summed E-state index contributed by atoms with van der Waals surface area (Å²) in [5, 5.41) is 2.92. The van der Waals surface area contributed by atoms with Crippen molar-refractivity contribution in [1.29, 1.82) is 0 Å². The van der Waals surface area contributed by atoms with Crippen LogP contribution in [-0.2, 0) is 9.59 Å². The van der Waals surface area contributed by atoms with Crippen LogP contribution in [0.25, 0.3) is 0 Å². The first kappa shape index (κ1) is 14.4. The molecule has 2 atom stereocenters. The third-order valence-corrected chi connectivity index (χ3v) is 4.47. The van der Waals surface area contributed by atoms with E-state index in [2.05, 4.69) is 12.2 Å². The molecule has 0 aromatic rings. The third-order valence-electron chi connectivity index (χ3n) is 4.47. The molecule has 4 nitrogen and oxygen atoms in total. The van der Waals surface area contributed by atoms with E-state index in [1.807, 2.05) is 11.8 Å². The molecule has 0 radical (unpaired) electrons. The Morgan fingerprint density at radius 2 is 1.84 bits per heavy atom. The molecule has 0 aromatic carbocycles. The molecule has 4 heteroatoms. The Morgan fingerprint density at radius 1 is 1.16 bits per heavy atom. The maximum Gasteiger partial charge on any atom is 0.245 e. The van der Waals surface area contributed by atoms with Gasteiger partial charge in [0.25, 0.3) is 0 Å². The molecule has 2 fully saturated rings. The zero-order valence-electron chi connectivity index (χ0n) is 12.2. The van der Waals surface area contributed by atoms with E-state index in [0.717, 1.165) is 19.3 Å². The summed E-state index contributed by atoms with van der Waals surface area (Å²) >= 11 is 0. The van der Waals surface area contributed by atoms with Gasteiger partial charge in [0.05, 0.1) is 0 Å². The van der Waals surface area contributed by atoms with E-state index in [1.54, 1.807) is 0 Å². The minimum atomic E-state index is -0.307. The van der Waals surface area contributed by atoms with Crippen LogP contribution in [0.2, 0.25) is 0 Å².